The van der Waals surface area contributed by atoms with E-state index in [0.29, 0.717) is 0 Å². The molecule has 0 aromatic rings. The monoisotopic (exact) mass is 789 g/mol. The minimum absolute atomic E-state index is 0. The van der Waals surface area contributed by atoms with Gasteiger partial charge in [-0.1, -0.05) is 258 Å². The van der Waals surface area contributed by atoms with Crippen molar-refractivity contribution in [2.75, 3.05) is 26.2 Å². The molecule has 0 spiro atoms. The van der Waals surface area contributed by atoms with Gasteiger partial charge in [-0.25, -0.2) is 0 Å². The van der Waals surface area contributed by atoms with Crippen molar-refractivity contribution in [2.24, 2.45) is 0 Å². The molecule has 0 rings (SSSR count). The summed E-state index contributed by atoms with van der Waals surface area (Å²) in [4.78, 5) is 20.5. The molecule has 0 saturated heterocycles. The first-order valence-electron chi connectivity index (χ1n) is 24.4. The van der Waals surface area contributed by atoms with Crippen molar-refractivity contribution in [2.45, 2.75) is 271 Å². The zero-order chi connectivity index (χ0) is 39.7. The van der Waals surface area contributed by atoms with E-state index in [1.54, 1.807) is 0 Å². The standard InChI is InChI=1S/2C24H49NO2.Mg/c2*1-2-3-4-5-6-7-8-9-10-11-12-13-14-15-16-17-18-19-20-21-22-25-23-24(26)27;/h2*25H,2-23H2,1H3,(H,26,27);/q;;+2/p-2. The molecule has 0 saturated carbocycles. The van der Waals surface area contributed by atoms with Crippen LogP contribution in [0.2, 0.25) is 0 Å². The Bertz CT molecular complexity index is 653. The molecule has 2 N–H and O–H groups in total. The predicted octanol–water partition coefficient (Wildman–Crippen LogP) is 11.9. The van der Waals surface area contributed by atoms with Crippen molar-refractivity contribution >= 4 is 35.0 Å². The third-order valence-corrected chi connectivity index (χ3v) is 11.0. The van der Waals surface area contributed by atoms with Gasteiger partial charge in [-0.2, -0.15) is 0 Å². The molecule has 0 heterocycles. The summed E-state index contributed by atoms with van der Waals surface area (Å²) in [6.45, 7) is 6.14. The average molecular weight is 790 g/mol. The van der Waals surface area contributed by atoms with Gasteiger partial charge in [-0.3, -0.25) is 0 Å². The predicted molar refractivity (Wildman–Crippen MR) is 238 cm³/mol. The van der Waals surface area contributed by atoms with E-state index >= 15 is 0 Å². The molecule has 0 fully saturated rings. The van der Waals surface area contributed by atoms with Gasteiger partial charge < -0.3 is 30.4 Å². The molecule has 0 bridgehead atoms. The smallest absolute Gasteiger partial charge is 0.549 e. The van der Waals surface area contributed by atoms with E-state index in [0.717, 1.165) is 25.9 Å². The van der Waals surface area contributed by atoms with Crippen LogP contribution in [0, 0.1) is 0 Å². The molecule has 0 radical (unpaired) electrons. The molecule has 0 amide bonds. The van der Waals surface area contributed by atoms with Gasteiger partial charge >= 0.3 is 23.1 Å². The van der Waals surface area contributed by atoms with Crippen molar-refractivity contribution < 1.29 is 19.8 Å². The second-order valence-corrected chi connectivity index (χ2v) is 16.5. The van der Waals surface area contributed by atoms with Gasteiger partial charge in [0.05, 0.1) is 11.9 Å². The number of hydrogen-bond acceptors (Lipinski definition) is 6. The van der Waals surface area contributed by atoms with Crippen LogP contribution < -0.4 is 20.8 Å². The van der Waals surface area contributed by atoms with Crippen LogP contribution >= 0.6 is 0 Å². The van der Waals surface area contributed by atoms with Crippen molar-refractivity contribution in [3.05, 3.63) is 0 Å². The van der Waals surface area contributed by atoms with Gasteiger partial charge in [0.15, 0.2) is 0 Å². The zero-order valence-electron chi connectivity index (χ0n) is 37.5. The van der Waals surface area contributed by atoms with Gasteiger partial charge in [0.25, 0.3) is 0 Å². The number of unbranched alkanes of at least 4 members (excludes halogenated alkanes) is 38. The Morgan fingerprint density at radius 1 is 0.291 bits per heavy atom. The van der Waals surface area contributed by atoms with Crippen LogP contribution in [0.1, 0.15) is 271 Å². The topological polar surface area (TPSA) is 104 Å². The minimum Gasteiger partial charge on any atom is -0.549 e. The van der Waals surface area contributed by atoms with E-state index in [4.69, 9.17) is 0 Å². The maximum absolute atomic E-state index is 10.2. The van der Waals surface area contributed by atoms with Crippen molar-refractivity contribution in [3.63, 3.8) is 0 Å². The van der Waals surface area contributed by atoms with E-state index in [9.17, 15) is 19.8 Å². The second kappa shape index (κ2) is 55.7. The van der Waals surface area contributed by atoms with Gasteiger partial charge in [0.1, 0.15) is 0 Å². The Labute approximate surface area is 360 Å². The van der Waals surface area contributed by atoms with Crippen LogP contribution in [0.25, 0.3) is 0 Å². The Kier molecular flexibility index (Phi) is 59.7. The van der Waals surface area contributed by atoms with E-state index in [1.807, 2.05) is 0 Å². The Balaban J connectivity index is -0.000000966. The van der Waals surface area contributed by atoms with Gasteiger partial charge in [0.2, 0.25) is 0 Å². The number of carboxylic acids is 2. The van der Waals surface area contributed by atoms with Crippen molar-refractivity contribution in [1.82, 2.24) is 10.6 Å². The van der Waals surface area contributed by atoms with E-state index in [1.165, 1.54) is 244 Å². The number of carbonyl (C=O) groups excluding carboxylic acids is 2. The first-order valence-corrected chi connectivity index (χ1v) is 24.4. The molecule has 0 aliphatic carbocycles. The summed E-state index contributed by atoms with van der Waals surface area (Å²) in [5, 5.41) is 26.2. The van der Waals surface area contributed by atoms with E-state index in [2.05, 4.69) is 24.5 Å². The number of carbonyl (C=O) groups is 2. The van der Waals surface area contributed by atoms with Crippen LogP contribution in [-0.2, 0) is 9.59 Å². The number of rotatable bonds is 46. The molecule has 0 aliphatic heterocycles. The van der Waals surface area contributed by atoms with Crippen LogP contribution in [-0.4, -0.2) is 61.2 Å². The third kappa shape index (κ3) is 63.0. The summed E-state index contributed by atoms with van der Waals surface area (Å²) in [7, 11) is 0. The molecule has 0 aromatic carbocycles. The third-order valence-electron chi connectivity index (χ3n) is 11.0. The Morgan fingerprint density at radius 3 is 0.582 bits per heavy atom. The van der Waals surface area contributed by atoms with Crippen LogP contribution in [0.5, 0.6) is 0 Å². The van der Waals surface area contributed by atoms with Crippen molar-refractivity contribution in [1.29, 1.82) is 0 Å². The van der Waals surface area contributed by atoms with E-state index in [-0.39, 0.29) is 36.1 Å². The summed E-state index contributed by atoms with van der Waals surface area (Å²) in [6.07, 6.45) is 55.5. The molecular weight excluding hydrogens is 693 g/mol. The number of nitrogens with one attached hydrogen (secondary N) is 2. The molecule has 0 aromatic heterocycles. The Hall–Kier alpha value is -0.374. The maximum Gasteiger partial charge on any atom is 2.00 e. The maximum atomic E-state index is 10.2. The second-order valence-electron chi connectivity index (χ2n) is 16.5. The molecule has 324 valence electrons. The van der Waals surface area contributed by atoms with Crippen LogP contribution in [0.4, 0.5) is 0 Å². The van der Waals surface area contributed by atoms with Crippen LogP contribution in [0.15, 0.2) is 0 Å². The number of carboxylic acid groups (broad SMARTS) is 2. The summed E-state index contributed by atoms with van der Waals surface area (Å²) < 4.78 is 0. The minimum atomic E-state index is -1.01. The quantitative estimate of drug-likeness (QED) is 0.0470. The van der Waals surface area contributed by atoms with E-state index < -0.39 is 11.9 Å². The molecule has 6 nitrogen and oxygen atoms in total. The molecule has 0 aliphatic rings. The average Bonchev–Trinajstić information content (AvgIpc) is 3.15. The number of hydrogen-bond donors (Lipinski definition) is 2. The fourth-order valence-corrected chi connectivity index (χ4v) is 7.39. The van der Waals surface area contributed by atoms with Crippen molar-refractivity contribution in [3.8, 4) is 0 Å². The summed E-state index contributed by atoms with van der Waals surface area (Å²) >= 11 is 0. The molecule has 0 unspecified atom stereocenters. The summed E-state index contributed by atoms with van der Waals surface area (Å²) in [5.74, 6) is -2.02. The largest absolute Gasteiger partial charge is 2.00 e. The molecule has 55 heavy (non-hydrogen) atoms. The van der Waals surface area contributed by atoms with Gasteiger partial charge in [0, 0.05) is 13.1 Å². The molecule has 0 atom stereocenters. The summed E-state index contributed by atoms with van der Waals surface area (Å²) in [6, 6.07) is 0. The summed E-state index contributed by atoms with van der Waals surface area (Å²) in [5.41, 5.74) is 0. The van der Waals surface area contributed by atoms with Crippen LogP contribution in [0.3, 0.4) is 0 Å². The SMILES string of the molecule is CCCCCCCCCCCCCCCCCCCCCCNCC(=O)[O-].CCCCCCCCCCCCCCCCCCCCCCNCC(=O)[O-].[Mg+2]. The first kappa shape index (κ1) is 58.9. The molecular formula is C48H96MgN2O4. The zero-order valence-corrected chi connectivity index (χ0v) is 38.9. The van der Waals surface area contributed by atoms with Gasteiger partial charge in [-0.15, -0.1) is 0 Å². The molecule has 7 heteroatoms. The fourth-order valence-electron chi connectivity index (χ4n) is 7.39. The Morgan fingerprint density at radius 2 is 0.436 bits per heavy atom. The number of aliphatic carboxylic acids is 2. The normalized spacial score (nSPS) is 10.9. The fraction of sp³-hybridized carbons (Fsp3) is 0.958. The van der Waals surface area contributed by atoms with Gasteiger partial charge in [-0.05, 0) is 25.9 Å². The first-order chi connectivity index (χ1) is 26.5.